The Hall–Kier alpha value is -0.870. The van der Waals surface area contributed by atoms with Crippen molar-refractivity contribution in [1.82, 2.24) is 0 Å². The van der Waals surface area contributed by atoms with Gasteiger partial charge < -0.3 is 19.5 Å². The zero-order valence-electron chi connectivity index (χ0n) is 17.7. The van der Waals surface area contributed by atoms with Crippen molar-refractivity contribution in [2.45, 2.75) is 104 Å². The van der Waals surface area contributed by atoms with E-state index < -0.39 is 18.1 Å². The maximum atomic E-state index is 11.9. The third kappa shape index (κ3) is 9.72. The molecular formula is C22H43NO3. The summed E-state index contributed by atoms with van der Waals surface area (Å²) in [5.74, 6) is -0.957. The van der Waals surface area contributed by atoms with Crippen LogP contribution in [0.15, 0.2) is 12.2 Å². The number of rotatable bonds is 17. The molecule has 0 aliphatic carbocycles. The number of quaternary nitrogens is 1. The number of carboxylic acid groups (broad SMARTS) is 1. The number of allylic oxidation sites excluding steroid dienone is 2. The minimum Gasteiger partial charge on any atom is -0.544 e. The Morgan fingerprint density at radius 2 is 1.62 bits per heavy atom. The molecule has 0 bridgehead atoms. The summed E-state index contributed by atoms with van der Waals surface area (Å²) < 4.78 is 0.490. The molecule has 0 aromatic carbocycles. The number of carboxylic acids is 1. The highest BCUT2D eigenvalue weighted by Gasteiger charge is 2.37. The maximum Gasteiger partial charge on any atom is 0.129 e. The van der Waals surface area contributed by atoms with Crippen LogP contribution in [0.25, 0.3) is 0 Å². The minimum absolute atomic E-state index is 0.447. The van der Waals surface area contributed by atoms with Gasteiger partial charge in [0.15, 0.2) is 0 Å². The van der Waals surface area contributed by atoms with Crippen LogP contribution in [0, 0.1) is 0 Å². The lowest BCUT2D eigenvalue weighted by atomic mass is 10.0. The maximum absolute atomic E-state index is 11.9. The Morgan fingerprint density at radius 1 is 1.04 bits per heavy atom. The van der Waals surface area contributed by atoms with Crippen LogP contribution in [-0.4, -0.2) is 47.3 Å². The minimum atomic E-state index is -0.957. The van der Waals surface area contributed by atoms with Gasteiger partial charge in [0.1, 0.15) is 18.7 Å². The van der Waals surface area contributed by atoms with Crippen LogP contribution in [0.5, 0.6) is 0 Å². The third-order valence-electron chi connectivity index (χ3n) is 5.45. The molecule has 4 nitrogen and oxygen atoms in total. The van der Waals surface area contributed by atoms with E-state index in [1.54, 1.807) is 0 Å². The molecule has 2 unspecified atom stereocenters. The van der Waals surface area contributed by atoms with E-state index in [2.05, 4.69) is 19.9 Å². The van der Waals surface area contributed by atoms with Gasteiger partial charge in [-0.05, 0) is 51.9 Å². The van der Waals surface area contributed by atoms with E-state index in [0.717, 1.165) is 70.9 Å². The molecule has 0 aliphatic heterocycles. The Labute approximate surface area is 161 Å². The van der Waals surface area contributed by atoms with Crippen LogP contribution in [0.3, 0.4) is 0 Å². The molecule has 0 radical (unpaired) electrons. The first-order valence-corrected chi connectivity index (χ1v) is 10.8. The van der Waals surface area contributed by atoms with Crippen LogP contribution in [0.1, 0.15) is 91.9 Å². The second-order valence-corrected chi connectivity index (χ2v) is 7.66. The van der Waals surface area contributed by atoms with Gasteiger partial charge in [-0.1, -0.05) is 45.8 Å². The van der Waals surface area contributed by atoms with Gasteiger partial charge in [-0.3, -0.25) is 0 Å². The largest absolute Gasteiger partial charge is 0.544 e. The van der Waals surface area contributed by atoms with Crippen molar-refractivity contribution >= 4 is 5.97 Å². The van der Waals surface area contributed by atoms with Crippen molar-refractivity contribution in [2.75, 3.05) is 19.6 Å². The quantitative estimate of drug-likeness (QED) is 0.241. The van der Waals surface area contributed by atoms with Crippen molar-refractivity contribution in [3.8, 4) is 0 Å². The second kappa shape index (κ2) is 15.2. The highest BCUT2D eigenvalue weighted by molar-refractivity contribution is 5.69. The summed E-state index contributed by atoms with van der Waals surface area (Å²) in [6.45, 7) is 10.5. The predicted octanol–water partition coefficient (Wildman–Crippen LogP) is 3.82. The Balaban J connectivity index is 5.26. The van der Waals surface area contributed by atoms with E-state index in [1.807, 2.05) is 19.9 Å². The van der Waals surface area contributed by atoms with Crippen LogP contribution in [0.2, 0.25) is 0 Å². The van der Waals surface area contributed by atoms with Gasteiger partial charge in [-0.25, -0.2) is 0 Å². The fraction of sp³-hybridized carbons (Fsp3) is 0.864. The molecule has 1 N–H and O–H groups in total. The summed E-state index contributed by atoms with van der Waals surface area (Å²) in [7, 11) is 0. The van der Waals surface area contributed by atoms with Crippen molar-refractivity contribution in [1.29, 1.82) is 0 Å². The van der Waals surface area contributed by atoms with Crippen molar-refractivity contribution in [3.63, 3.8) is 0 Å². The number of hydrogen-bond donors (Lipinski definition) is 1. The SMILES string of the molecule is C/C=C/CCCC(O)C[N+](CCCCC)(CCCCC)C(CC)C(=O)[O-]. The van der Waals surface area contributed by atoms with Gasteiger partial charge in [-0.2, -0.15) is 0 Å². The Bertz CT molecular complexity index is 372. The number of aliphatic carboxylic acids is 1. The molecule has 2 atom stereocenters. The van der Waals surface area contributed by atoms with Crippen molar-refractivity contribution in [3.05, 3.63) is 12.2 Å². The van der Waals surface area contributed by atoms with Gasteiger partial charge in [0.2, 0.25) is 0 Å². The highest BCUT2D eigenvalue weighted by atomic mass is 16.4. The summed E-state index contributed by atoms with van der Waals surface area (Å²) in [4.78, 5) is 11.9. The fourth-order valence-corrected chi connectivity index (χ4v) is 4.01. The monoisotopic (exact) mass is 369 g/mol. The lowest BCUT2D eigenvalue weighted by Crippen LogP contribution is -2.64. The van der Waals surface area contributed by atoms with Crippen LogP contribution in [0.4, 0.5) is 0 Å². The molecule has 26 heavy (non-hydrogen) atoms. The smallest absolute Gasteiger partial charge is 0.129 e. The van der Waals surface area contributed by atoms with Crippen LogP contribution in [-0.2, 0) is 4.79 Å². The number of aliphatic hydroxyl groups is 1. The molecule has 154 valence electrons. The summed E-state index contributed by atoms with van der Waals surface area (Å²) in [6.07, 6.45) is 13.4. The number of nitrogens with zero attached hydrogens (tertiary/aromatic N) is 1. The molecule has 0 spiro atoms. The van der Waals surface area contributed by atoms with E-state index in [-0.39, 0.29) is 0 Å². The normalized spacial score (nSPS) is 14.7. The average molecular weight is 370 g/mol. The Kier molecular flexibility index (Phi) is 14.7. The van der Waals surface area contributed by atoms with Crippen LogP contribution >= 0.6 is 0 Å². The standard InChI is InChI=1S/C22H43NO3/c1-5-9-12-13-16-20(24)19-23(17-14-10-6-2,18-15-11-7-3)21(8-4)22(25)26/h5,9,20-21,24H,6-8,10-19H2,1-4H3/b9-5+. The first kappa shape index (κ1) is 25.1. The van der Waals surface area contributed by atoms with Crippen molar-refractivity contribution < 1.29 is 19.5 Å². The molecule has 0 heterocycles. The van der Waals surface area contributed by atoms with Crippen molar-refractivity contribution in [2.24, 2.45) is 0 Å². The first-order chi connectivity index (χ1) is 12.5. The van der Waals surface area contributed by atoms with E-state index in [4.69, 9.17) is 0 Å². The molecule has 0 fully saturated rings. The van der Waals surface area contributed by atoms with Crippen LogP contribution < -0.4 is 5.11 Å². The Morgan fingerprint density at radius 3 is 2.04 bits per heavy atom. The number of unbranched alkanes of at least 4 members (excludes halogenated alkanes) is 5. The summed E-state index contributed by atoms with van der Waals surface area (Å²) in [6, 6.07) is -0.520. The van der Waals surface area contributed by atoms with Gasteiger partial charge in [0.25, 0.3) is 0 Å². The first-order valence-electron chi connectivity index (χ1n) is 10.8. The average Bonchev–Trinajstić information content (AvgIpc) is 2.59. The molecule has 4 heteroatoms. The van der Waals surface area contributed by atoms with E-state index in [0.29, 0.717) is 17.4 Å². The number of aliphatic hydroxyl groups excluding tert-OH is 1. The third-order valence-corrected chi connectivity index (χ3v) is 5.45. The second-order valence-electron chi connectivity index (χ2n) is 7.66. The van der Waals surface area contributed by atoms with E-state index in [1.165, 1.54) is 0 Å². The number of hydrogen-bond acceptors (Lipinski definition) is 3. The zero-order valence-corrected chi connectivity index (χ0v) is 17.7. The summed E-state index contributed by atoms with van der Waals surface area (Å²) in [5, 5.41) is 22.6. The number of carbonyl (C=O) groups excluding carboxylic acids is 1. The molecule has 0 rings (SSSR count). The molecule has 0 aromatic heterocycles. The van der Waals surface area contributed by atoms with Gasteiger partial charge in [0, 0.05) is 6.42 Å². The predicted molar refractivity (Wildman–Crippen MR) is 108 cm³/mol. The fourth-order valence-electron chi connectivity index (χ4n) is 4.01. The van der Waals surface area contributed by atoms with E-state index >= 15 is 0 Å². The van der Waals surface area contributed by atoms with Gasteiger partial charge in [-0.15, -0.1) is 0 Å². The molecular weight excluding hydrogens is 326 g/mol. The zero-order chi connectivity index (χ0) is 19.8. The topological polar surface area (TPSA) is 60.4 Å². The number of carbonyl (C=O) groups is 1. The molecule has 0 amide bonds. The lowest BCUT2D eigenvalue weighted by Gasteiger charge is -2.46. The van der Waals surface area contributed by atoms with Gasteiger partial charge in [0.05, 0.1) is 19.1 Å². The lowest BCUT2D eigenvalue weighted by molar-refractivity contribution is -0.948. The van der Waals surface area contributed by atoms with Gasteiger partial charge >= 0.3 is 0 Å². The molecule has 0 saturated carbocycles. The van der Waals surface area contributed by atoms with E-state index in [9.17, 15) is 15.0 Å². The summed E-state index contributed by atoms with van der Waals surface area (Å²) >= 11 is 0. The summed E-state index contributed by atoms with van der Waals surface area (Å²) in [5.41, 5.74) is 0. The molecule has 0 aromatic rings. The molecule has 0 aliphatic rings. The highest BCUT2D eigenvalue weighted by Crippen LogP contribution is 2.23. The molecule has 0 saturated heterocycles.